The lowest BCUT2D eigenvalue weighted by Crippen LogP contribution is -2.07. The van der Waals surface area contributed by atoms with Crippen LogP contribution >= 0.6 is 23.2 Å². The molecule has 0 N–H and O–H groups in total. The third-order valence-corrected chi connectivity index (χ3v) is 4.53. The monoisotopic (exact) mass is 391 g/mol. The molecule has 1 aromatic heterocycles. The number of nitrogens with zero attached hydrogens (tertiary/aromatic N) is 1. The maximum atomic E-state index is 13.3. The summed E-state index contributed by atoms with van der Waals surface area (Å²) in [5.74, 6) is -0.504. The van der Waals surface area contributed by atoms with E-state index in [1.54, 1.807) is 12.1 Å². The topological polar surface area (TPSA) is 56.3 Å². The van der Waals surface area contributed by atoms with Crippen molar-refractivity contribution < 1.29 is 17.0 Å². The van der Waals surface area contributed by atoms with Crippen molar-refractivity contribution >= 4 is 33.3 Å². The molecule has 0 spiro atoms. The van der Waals surface area contributed by atoms with Crippen LogP contribution in [0.4, 0.5) is 4.39 Å². The third-order valence-electron chi connectivity index (χ3n) is 3.45. The zero-order valence-electron chi connectivity index (χ0n) is 13.1. The predicted octanol–water partition coefficient (Wildman–Crippen LogP) is 4.66. The Bertz CT molecular complexity index is 843. The second-order valence-corrected chi connectivity index (χ2v) is 7.89. The molecule has 24 heavy (non-hydrogen) atoms. The van der Waals surface area contributed by atoms with Gasteiger partial charge in [-0.15, -0.1) is 0 Å². The summed E-state index contributed by atoms with van der Waals surface area (Å²) in [6.45, 7) is 2.01. The van der Waals surface area contributed by atoms with Gasteiger partial charge in [0.1, 0.15) is 11.0 Å². The molecule has 0 aliphatic rings. The lowest BCUT2D eigenvalue weighted by Gasteiger charge is -2.13. The summed E-state index contributed by atoms with van der Waals surface area (Å²) in [6.07, 6.45) is 1.51. The number of halogens is 3. The molecule has 2 aromatic rings. The molecule has 0 amide bonds. The largest absolute Gasteiger partial charge is 0.270 e. The molecule has 4 nitrogen and oxygen atoms in total. The Hall–Kier alpha value is -1.21. The molecule has 0 bridgehead atoms. The summed E-state index contributed by atoms with van der Waals surface area (Å²) in [6, 6.07) is 7.85. The average Bonchev–Trinajstić information content (AvgIpc) is 2.48. The molecule has 1 aromatic carbocycles. The lowest BCUT2D eigenvalue weighted by atomic mass is 9.97. The Morgan fingerprint density at radius 1 is 1.25 bits per heavy atom. The third kappa shape index (κ3) is 5.41. The van der Waals surface area contributed by atoms with Gasteiger partial charge in [0.25, 0.3) is 10.1 Å². The lowest BCUT2D eigenvalue weighted by molar-refractivity contribution is 0.306. The van der Waals surface area contributed by atoms with Crippen LogP contribution in [-0.4, -0.2) is 26.3 Å². The van der Waals surface area contributed by atoms with Crippen LogP contribution in [-0.2, 0) is 14.3 Å². The minimum atomic E-state index is -3.46. The van der Waals surface area contributed by atoms with Crippen molar-refractivity contribution in [2.24, 2.45) is 0 Å². The number of rotatable bonds is 6. The van der Waals surface area contributed by atoms with E-state index in [4.69, 9.17) is 27.4 Å². The van der Waals surface area contributed by atoms with Gasteiger partial charge in [0.05, 0.1) is 23.6 Å². The molecule has 0 aliphatic carbocycles. The van der Waals surface area contributed by atoms with Crippen molar-refractivity contribution in [2.45, 2.75) is 19.3 Å². The van der Waals surface area contributed by atoms with Gasteiger partial charge in [-0.05, 0) is 48.2 Å². The zero-order valence-corrected chi connectivity index (χ0v) is 15.4. The highest BCUT2D eigenvalue weighted by Crippen LogP contribution is 2.29. The normalized spacial score (nSPS) is 13.0. The molecule has 0 fully saturated rings. The molecule has 1 unspecified atom stereocenters. The first-order valence-electron chi connectivity index (χ1n) is 7.13. The van der Waals surface area contributed by atoms with Gasteiger partial charge in [0.15, 0.2) is 0 Å². The van der Waals surface area contributed by atoms with Crippen LogP contribution in [0.15, 0.2) is 30.3 Å². The van der Waals surface area contributed by atoms with Gasteiger partial charge in [-0.1, -0.05) is 30.1 Å². The Morgan fingerprint density at radius 2 is 1.96 bits per heavy atom. The van der Waals surface area contributed by atoms with Crippen LogP contribution in [0.3, 0.4) is 0 Å². The van der Waals surface area contributed by atoms with Crippen molar-refractivity contribution in [3.63, 3.8) is 0 Å². The van der Waals surface area contributed by atoms with E-state index < -0.39 is 15.9 Å². The number of benzene rings is 1. The van der Waals surface area contributed by atoms with Gasteiger partial charge in [0, 0.05) is 5.56 Å². The molecular formula is C16H16Cl2FNO3S. The first-order chi connectivity index (χ1) is 11.2. The van der Waals surface area contributed by atoms with Crippen molar-refractivity contribution in [1.82, 2.24) is 4.98 Å². The summed E-state index contributed by atoms with van der Waals surface area (Å²) in [5, 5.41) is 0.296. The molecule has 130 valence electrons. The minimum absolute atomic E-state index is 0.00178. The molecule has 1 atom stereocenters. The number of hydrogen-bond donors (Lipinski definition) is 0. The molecule has 0 saturated heterocycles. The fourth-order valence-corrected chi connectivity index (χ4v) is 2.94. The summed E-state index contributed by atoms with van der Waals surface area (Å²) in [4.78, 5) is 4.23. The Morgan fingerprint density at radius 3 is 2.58 bits per heavy atom. The number of aromatic nitrogens is 1. The minimum Gasteiger partial charge on any atom is -0.270 e. The zero-order chi connectivity index (χ0) is 17.9. The summed E-state index contributed by atoms with van der Waals surface area (Å²) in [5.41, 5.74) is 2.09. The van der Waals surface area contributed by atoms with Crippen molar-refractivity contribution in [1.29, 1.82) is 0 Å². The first-order valence-corrected chi connectivity index (χ1v) is 9.70. The van der Waals surface area contributed by atoms with Gasteiger partial charge >= 0.3 is 0 Å². The van der Waals surface area contributed by atoms with Gasteiger partial charge in [0.2, 0.25) is 0 Å². The Labute approximate surface area is 150 Å². The van der Waals surface area contributed by atoms with Gasteiger partial charge in [-0.3, -0.25) is 4.18 Å². The van der Waals surface area contributed by atoms with Crippen LogP contribution in [0.2, 0.25) is 10.2 Å². The highest BCUT2D eigenvalue weighted by molar-refractivity contribution is 7.85. The Kier molecular flexibility index (Phi) is 6.20. The highest BCUT2D eigenvalue weighted by Gasteiger charge is 2.12. The molecular weight excluding hydrogens is 376 g/mol. The molecule has 8 heteroatoms. The maximum Gasteiger partial charge on any atom is 0.264 e. The highest BCUT2D eigenvalue weighted by atomic mass is 35.5. The summed E-state index contributed by atoms with van der Waals surface area (Å²) >= 11 is 11.9. The van der Waals surface area contributed by atoms with Gasteiger partial charge in [-0.2, -0.15) is 8.42 Å². The van der Waals surface area contributed by atoms with Crippen LogP contribution in [0, 0.1) is 5.82 Å². The quantitative estimate of drug-likeness (QED) is 0.530. The van der Waals surface area contributed by atoms with Crippen LogP contribution < -0.4 is 0 Å². The molecule has 0 radical (unpaired) electrons. The van der Waals surface area contributed by atoms with Crippen LogP contribution in [0.1, 0.15) is 24.8 Å². The molecule has 0 saturated carbocycles. The van der Waals surface area contributed by atoms with E-state index in [1.807, 2.05) is 13.0 Å². The molecule has 2 rings (SSSR count). The number of hydrogen-bond acceptors (Lipinski definition) is 4. The number of pyridine rings is 1. The second-order valence-electron chi connectivity index (χ2n) is 5.45. The van der Waals surface area contributed by atoms with E-state index in [1.165, 1.54) is 12.1 Å². The van der Waals surface area contributed by atoms with E-state index in [0.717, 1.165) is 11.8 Å². The van der Waals surface area contributed by atoms with E-state index in [0.29, 0.717) is 22.8 Å². The van der Waals surface area contributed by atoms with Crippen molar-refractivity contribution in [2.75, 3.05) is 12.9 Å². The summed E-state index contributed by atoms with van der Waals surface area (Å²) in [7, 11) is -3.46. The van der Waals surface area contributed by atoms with Crippen molar-refractivity contribution in [3.05, 3.63) is 51.9 Å². The standard InChI is InChI=1S/C16H16Cl2FNO3S/c1-10(5-6-23-24(2,21)22)12-8-15(20-16(18)9-12)11-3-4-14(19)13(17)7-11/h3-4,7-10H,5-6H2,1-2H3. The first kappa shape index (κ1) is 19.1. The van der Waals surface area contributed by atoms with E-state index in [9.17, 15) is 12.8 Å². The molecule has 0 aliphatic heterocycles. The Balaban J connectivity index is 2.23. The van der Waals surface area contributed by atoms with Gasteiger partial charge < -0.3 is 0 Å². The fraction of sp³-hybridized carbons (Fsp3) is 0.312. The SMILES string of the molecule is CC(CCOS(C)(=O)=O)c1cc(Cl)nc(-c2ccc(F)c(Cl)c2)c1. The maximum absolute atomic E-state index is 13.3. The van der Waals surface area contributed by atoms with Crippen LogP contribution in [0.25, 0.3) is 11.3 Å². The van der Waals surface area contributed by atoms with E-state index >= 15 is 0 Å². The van der Waals surface area contributed by atoms with Crippen molar-refractivity contribution in [3.8, 4) is 11.3 Å². The fourth-order valence-electron chi connectivity index (χ4n) is 2.15. The smallest absolute Gasteiger partial charge is 0.264 e. The van der Waals surface area contributed by atoms with Crippen LogP contribution in [0.5, 0.6) is 0 Å². The second kappa shape index (κ2) is 7.78. The van der Waals surface area contributed by atoms with E-state index in [-0.39, 0.29) is 17.5 Å². The molecule has 1 heterocycles. The van der Waals surface area contributed by atoms with E-state index in [2.05, 4.69) is 4.98 Å². The average molecular weight is 392 g/mol. The predicted molar refractivity (Wildman–Crippen MR) is 93.5 cm³/mol. The van der Waals surface area contributed by atoms with Gasteiger partial charge in [-0.25, -0.2) is 9.37 Å². The summed E-state index contributed by atoms with van der Waals surface area (Å²) < 4.78 is 40.1.